The zero-order chi connectivity index (χ0) is 18.5. The summed E-state index contributed by atoms with van der Waals surface area (Å²) in [4.78, 5) is 19.0. The van der Waals surface area contributed by atoms with Crippen molar-refractivity contribution in [2.75, 3.05) is 18.4 Å². The van der Waals surface area contributed by atoms with Crippen molar-refractivity contribution in [3.05, 3.63) is 48.3 Å². The number of carbonyl (C=O) groups is 1. The lowest BCUT2D eigenvalue weighted by atomic mass is 10.00. The number of anilines is 2. The highest BCUT2D eigenvalue weighted by Crippen LogP contribution is 2.28. The zero-order valence-corrected chi connectivity index (χ0v) is 15.7. The van der Waals surface area contributed by atoms with Crippen molar-refractivity contribution in [2.24, 2.45) is 5.92 Å². The predicted octanol–water partition coefficient (Wildman–Crippen LogP) is 4.48. The molecule has 1 amide bonds. The van der Waals surface area contributed by atoms with Crippen molar-refractivity contribution < 1.29 is 9.53 Å². The Labute approximate surface area is 155 Å². The fourth-order valence-corrected chi connectivity index (χ4v) is 3.26. The van der Waals surface area contributed by atoms with E-state index >= 15 is 0 Å². The molecule has 1 atom stereocenters. The Morgan fingerprint density at radius 1 is 1.31 bits per heavy atom. The summed E-state index contributed by atoms with van der Waals surface area (Å²) in [5.41, 5.74) is 2.26. The predicted molar refractivity (Wildman–Crippen MR) is 104 cm³/mol. The van der Waals surface area contributed by atoms with Crippen LogP contribution in [0.2, 0.25) is 0 Å². The van der Waals surface area contributed by atoms with Gasteiger partial charge in [-0.3, -0.25) is 9.78 Å². The molecule has 5 nitrogen and oxygen atoms in total. The first kappa shape index (κ1) is 18.2. The molecule has 1 unspecified atom stereocenters. The minimum atomic E-state index is 0.0550. The highest BCUT2D eigenvalue weighted by Gasteiger charge is 2.22. The van der Waals surface area contributed by atoms with Gasteiger partial charge in [-0.1, -0.05) is 19.1 Å². The summed E-state index contributed by atoms with van der Waals surface area (Å²) in [6.07, 6.45) is 5.71. The van der Waals surface area contributed by atoms with Crippen LogP contribution in [0.15, 0.2) is 42.7 Å². The molecule has 1 aromatic heterocycles. The number of para-hydroxylation sites is 2. The third-order valence-corrected chi connectivity index (χ3v) is 4.46. The molecule has 0 radical (unpaired) electrons. The van der Waals surface area contributed by atoms with Crippen LogP contribution < -0.4 is 10.1 Å². The Morgan fingerprint density at radius 3 is 2.88 bits per heavy atom. The smallest absolute Gasteiger partial charge is 0.255 e. The van der Waals surface area contributed by atoms with E-state index in [1.54, 1.807) is 12.4 Å². The van der Waals surface area contributed by atoms with Gasteiger partial charge in [0.15, 0.2) is 0 Å². The van der Waals surface area contributed by atoms with E-state index < -0.39 is 0 Å². The molecule has 5 heteroatoms. The summed E-state index contributed by atoms with van der Waals surface area (Å²) in [6.45, 7) is 7.84. The van der Waals surface area contributed by atoms with Crippen LogP contribution in [-0.2, 0) is 0 Å². The Bertz CT molecular complexity index is 760. The fraction of sp³-hybridized carbons (Fsp3) is 0.429. The molecule has 1 saturated heterocycles. The van der Waals surface area contributed by atoms with Crippen molar-refractivity contribution in [3.63, 3.8) is 0 Å². The summed E-state index contributed by atoms with van der Waals surface area (Å²) < 4.78 is 5.84. The van der Waals surface area contributed by atoms with E-state index in [1.165, 1.54) is 6.42 Å². The van der Waals surface area contributed by atoms with Crippen LogP contribution in [0.4, 0.5) is 11.4 Å². The Morgan fingerprint density at radius 2 is 2.12 bits per heavy atom. The van der Waals surface area contributed by atoms with Gasteiger partial charge in [0.1, 0.15) is 5.75 Å². The molecule has 1 aliphatic rings. The summed E-state index contributed by atoms with van der Waals surface area (Å²) in [6, 6.07) is 9.64. The van der Waals surface area contributed by atoms with E-state index in [2.05, 4.69) is 17.2 Å². The van der Waals surface area contributed by atoms with Crippen molar-refractivity contribution in [1.82, 2.24) is 9.88 Å². The number of piperidine rings is 1. The zero-order valence-electron chi connectivity index (χ0n) is 15.7. The van der Waals surface area contributed by atoms with E-state index in [0.717, 1.165) is 36.6 Å². The van der Waals surface area contributed by atoms with Crippen molar-refractivity contribution in [1.29, 1.82) is 0 Å². The second kappa shape index (κ2) is 8.21. The van der Waals surface area contributed by atoms with Crippen molar-refractivity contribution in [3.8, 4) is 5.75 Å². The SMILES string of the molecule is CC1CCCN(C(=O)c2cncc(Nc3ccccc3OC(C)C)c2)C1. The molecule has 0 aliphatic carbocycles. The monoisotopic (exact) mass is 353 g/mol. The van der Waals surface area contributed by atoms with Gasteiger partial charge in [0.05, 0.1) is 29.2 Å². The molecule has 0 bridgehead atoms. The first-order chi connectivity index (χ1) is 12.5. The van der Waals surface area contributed by atoms with Gasteiger partial charge in [0, 0.05) is 19.3 Å². The van der Waals surface area contributed by atoms with Crippen molar-refractivity contribution in [2.45, 2.75) is 39.7 Å². The standard InChI is InChI=1S/C21H27N3O2/c1-15(2)26-20-9-5-4-8-19(20)23-18-11-17(12-22-13-18)21(25)24-10-6-7-16(3)14-24/h4-5,8-9,11-13,15-16,23H,6-7,10,14H2,1-3H3. The number of aromatic nitrogens is 1. The molecule has 1 aromatic carbocycles. The number of nitrogens with zero attached hydrogens (tertiary/aromatic N) is 2. The number of pyridine rings is 1. The molecular weight excluding hydrogens is 326 g/mol. The number of hydrogen-bond acceptors (Lipinski definition) is 4. The molecule has 26 heavy (non-hydrogen) atoms. The van der Waals surface area contributed by atoms with Crippen LogP contribution in [0.1, 0.15) is 44.0 Å². The first-order valence-corrected chi connectivity index (χ1v) is 9.30. The number of rotatable bonds is 5. The summed E-state index contributed by atoms with van der Waals surface area (Å²) >= 11 is 0. The number of likely N-dealkylation sites (tertiary alicyclic amines) is 1. The van der Waals surface area contributed by atoms with E-state index in [1.807, 2.05) is 49.1 Å². The Hall–Kier alpha value is -2.56. The van der Waals surface area contributed by atoms with E-state index in [4.69, 9.17) is 4.74 Å². The van der Waals surface area contributed by atoms with Crippen LogP contribution in [0.3, 0.4) is 0 Å². The number of carbonyl (C=O) groups excluding carboxylic acids is 1. The minimum Gasteiger partial charge on any atom is -0.489 e. The largest absolute Gasteiger partial charge is 0.489 e. The molecule has 0 saturated carbocycles. The highest BCUT2D eigenvalue weighted by molar-refractivity contribution is 5.95. The maximum absolute atomic E-state index is 12.8. The molecule has 3 rings (SSSR count). The lowest BCUT2D eigenvalue weighted by Gasteiger charge is -2.31. The molecule has 1 N–H and O–H groups in total. The second-order valence-electron chi connectivity index (χ2n) is 7.25. The van der Waals surface area contributed by atoms with Gasteiger partial charge in [-0.15, -0.1) is 0 Å². The van der Waals surface area contributed by atoms with Gasteiger partial charge in [-0.05, 0) is 50.8 Å². The van der Waals surface area contributed by atoms with Crippen LogP contribution in [0.25, 0.3) is 0 Å². The summed E-state index contributed by atoms with van der Waals surface area (Å²) in [5, 5.41) is 3.33. The van der Waals surface area contributed by atoms with Crippen LogP contribution in [0, 0.1) is 5.92 Å². The maximum Gasteiger partial charge on any atom is 0.255 e. The second-order valence-corrected chi connectivity index (χ2v) is 7.25. The number of amides is 1. The molecule has 0 spiro atoms. The number of ether oxygens (including phenoxy) is 1. The Kier molecular flexibility index (Phi) is 5.76. The van der Waals surface area contributed by atoms with Gasteiger partial charge in [0.2, 0.25) is 0 Å². The van der Waals surface area contributed by atoms with Crippen LogP contribution in [0.5, 0.6) is 5.75 Å². The molecular formula is C21H27N3O2. The molecule has 1 aliphatic heterocycles. The third kappa shape index (κ3) is 4.54. The van der Waals surface area contributed by atoms with Crippen LogP contribution in [-0.4, -0.2) is 35.0 Å². The summed E-state index contributed by atoms with van der Waals surface area (Å²) in [5.74, 6) is 1.39. The fourth-order valence-electron chi connectivity index (χ4n) is 3.26. The minimum absolute atomic E-state index is 0.0550. The Balaban J connectivity index is 1.77. The van der Waals surface area contributed by atoms with Gasteiger partial charge in [-0.25, -0.2) is 0 Å². The molecule has 2 heterocycles. The van der Waals surface area contributed by atoms with Gasteiger partial charge < -0.3 is 15.0 Å². The van der Waals surface area contributed by atoms with Crippen molar-refractivity contribution >= 4 is 17.3 Å². The van der Waals surface area contributed by atoms with Gasteiger partial charge in [0.25, 0.3) is 5.91 Å². The lowest BCUT2D eigenvalue weighted by Crippen LogP contribution is -2.39. The summed E-state index contributed by atoms with van der Waals surface area (Å²) in [7, 11) is 0. The lowest BCUT2D eigenvalue weighted by molar-refractivity contribution is 0.0682. The van der Waals surface area contributed by atoms with E-state index in [-0.39, 0.29) is 12.0 Å². The average molecular weight is 353 g/mol. The number of benzene rings is 1. The quantitative estimate of drug-likeness (QED) is 0.861. The molecule has 2 aromatic rings. The number of nitrogens with one attached hydrogen (secondary N) is 1. The molecule has 1 fully saturated rings. The van der Waals surface area contributed by atoms with E-state index in [0.29, 0.717) is 11.5 Å². The third-order valence-electron chi connectivity index (χ3n) is 4.46. The molecule has 138 valence electrons. The van der Waals surface area contributed by atoms with Crippen LogP contribution >= 0.6 is 0 Å². The maximum atomic E-state index is 12.8. The first-order valence-electron chi connectivity index (χ1n) is 9.30. The topological polar surface area (TPSA) is 54.5 Å². The highest BCUT2D eigenvalue weighted by atomic mass is 16.5. The average Bonchev–Trinajstić information content (AvgIpc) is 2.62. The normalized spacial score (nSPS) is 17.2. The van der Waals surface area contributed by atoms with Gasteiger partial charge >= 0.3 is 0 Å². The van der Waals surface area contributed by atoms with Gasteiger partial charge in [-0.2, -0.15) is 0 Å². The van der Waals surface area contributed by atoms with E-state index in [9.17, 15) is 4.79 Å². The number of hydrogen-bond donors (Lipinski definition) is 1.